The maximum absolute atomic E-state index is 12.5. The fourth-order valence-electron chi connectivity index (χ4n) is 2.42. The van der Waals surface area contributed by atoms with Crippen molar-refractivity contribution in [2.24, 2.45) is 5.92 Å². The number of ether oxygens (including phenoxy) is 1. The molecular formula is C18H23N3O3S. The zero-order valence-corrected chi connectivity index (χ0v) is 15.6. The lowest BCUT2D eigenvalue weighted by molar-refractivity contribution is -0.114. The number of rotatable bonds is 6. The Morgan fingerprint density at radius 3 is 2.48 bits per heavy atom. The number of carbonyl (C=O) groups is 2. The number of carbonyl (C=O) groups excluding carboxylic acids is 2. The first-order chi connectivity index (χ1) is 11.9. The van der Waals surface area contributed by atoms with E-state index in [1.54, 1.807) is 29.5 Å². The van der Waals surface area contributed by atoms with E-state index in [0.717, 1.165) is 4.88 Å². The van der Waals surface area contributed by atoms with Crippen LogP contribution in [0.5, 0.6) is 5.75 Å². The number of thiophene rings is 1. The van der Waals surface area contributed by atoms with Crippen LogP contribution in [0.3, 0.4) is 0 Å². The molecule has 6 nitrogen and oxygen atoms in total. The van der Waals surface area contributed by atoms with Crippen LogP contribution in [0.1, 0.15) is 31.7 Å². The first-order valence-corrected chi connectivity index (χ1v) is 8.85. The van der Waals surface area contributed by atoms with Gasteiger partial charge in [0.05, 0.1) is 18.8 Å². The Morgan fingerprint density at radius 1 is 1.16 bits per heavy atom. The van der Waals surface area contributed by atoms with Crippen LogP contribution in [0.25, 0.3) is 0 Å². The van der Waals surface area contributed by atoms with Gasteiger partial charge >= 0.3 is 6.03 Å². The number of anilines is 2. The Kier molecular flexibility index (Phi) is 6.41. The maximum Gasteiger partial charge on any atom is 0.319 e. The molecule has 1 atom stereocenters. The first kappa shape index (κ1) is 18.8. The van der Waals surface area contributed by atoms with Crippen molar-refractivity contribution in [3.8, 4) is 5.75 Å². The van der Waals surface area contributed by atoms with E-state index < -0.39 is 0 Å². The lowest BCUT2D eigenvalue weighted by Crippen LogP contribution is -2.34. The van der Waals surface area contributed by atoms with Crippen molar-refractivity contribution in [3.63, 3.8) is 0 Å². The van der Waals surface area contributed by atoms with Crippen LogP contribution < -0.4 is 20.7 Å². The van der Waals surface area contributed by atoms with Gasteiger partial charge in [0.25, 0.3) is 0 Å². The molecule has 0 radical (unpaired) electrons. The van der Waals surface area contributed by atoms with Gasteiger partial charge < -0.3 is 20.7 Å². The van der Waals surface area contributed by atoms with E-state index >= 15 is 0 Å². The molecule has 2 rings (SSSR count). The van der Waals surface area contributed by atoms with Gasteiger partial charge in [-0.2, -0.15) is 0 Å². The maximum atomic E-state index is 12.5. The fourth-order valence-corrected chi connectivity index (χ4v) is 3.37. The average Bonchev–Trinajstić information content (AvgIpc) is 3.06. The van der Waals surface area contributed by atoms with Crippen LogP contribution in [0.15, 0.2) is 35.7 Å². The minimum absolute atomic E-state index is 0.0791. The van der Waals surface area contributed by atoms with Gasteiger partial charge in [0.1, 0.15) is 5.75 Å². The minimum atomic E-state index is -0.328. The van der Waals surface area contributed by atoms with Crippen molar-refractivity contribution in [2.75, 3.05) is 17.7 Å². The van der Waals surface area contributed by atoms with Gasteiger partial charge in [0, 0.05) is 17.5 Å². The predicted molar refractivity (Wildman–Crippen MR) is 101 cm³/mol. The van der Waals surface area contributed by atoms with Gasteiger partial charge in [-0.15, -0.1) is 11.3 Å². The summed E-state index contributed by atoms with van der Waals surface area (Å²) in [5.41, 5.74) is 1.07. The van der Waals surface area contributed by atoms with Gasteiger partial charge in [-0.3, -0.25) is 4.79 Å². The molecule has 0 aliphatic carbocycles. The van der Waals surface area contributed by atoms with Crippen LogP contribution in [-0.2, 0) is 4.79 Å². The molecule has 7 heteroatoms. The molecule has 0 bridgehead atoms. The zero-order chi connectivity index (χ0) is 18.4. The monoisotopic (exact) mass is 361 g/mol. The summed E-state index contributed by atoms with van der Waals surface area (Å²) in [6, 6.07) is 8.64. The summed E-state index contributed by atoms with van der Waals surface area (Å²) in [6.07, 6.45) is 0. The van der Waals surface area contributed by atoms with Gasteiger partial charge in [-0.1, -0.05) is 19.9 Å². The lowest BCUT2D eigenvalue weighted by atomic mass is 10.0. The van der Waals surface area contributed by atoms with Crippen molar-refractivity contribution in [3.05, 3.63) is 40.6 Å². The molecule has 25 heavy (non-hydrogen) atoms. The number of benzene rings is 1. The summed E-state index contributed by atoms with van der Waals surface area (Å²) in [5, 5.41) is 10.5. The number of amides is 3. The molecule has 0 aliphatic heterocycles. The summed E-state index contributed by atoms with van der Waals surface area (Å²) >= 11 is 1.61. The van der Waals surface area contributed by atoms with E-state index in [0.29, 0.717) is 17.1 Å². The number of nitrogens with one attached hydrogen (secondary N) is 3. The average molecular weight is 361 g/mol. The van der Waals surface area contributed by atoms with Gasteiger partial charge in [-0.25, -0.2) is 4.79 Å². The smallest absolute Gasteiger partial charge is 0.319 e. The fraction of sp³-hybridized carbons (Fsp3) is 0.333. The molecule has 1 aromatic heterocycles. The normalized spacial score (nSPS) is 11.7. The Bertz CT molecular complexity index is 729. The summed E-state index contributed by atoms with van der Waals surface area (Å²) in [4.78, 5) is 24.8. The molecule has 0 saturated carbocycles. The molecular weight excluding hydrogens is 338 g/mol. The second-order valence-corrected chi connectivity index (χ2v) is 6.91. The third kappa shape index (κ3) is 5.22. The van der Waals surface area contributed by atoms with Crippen molar-refractivity contribution in [2.45, 2.75) is 26.8 Å². The summed E-state index contributed by atoms with van der Waals surface area (Å²) < 4.78 is 5.28. The first-order valence-electron chi connectivity index (χ1n) is 7.97. The lowest BCUT2D eigenvalue weighted by Gasteiger charge is -2.22. The van der Waals surface area contributed by atoms with Crippen LogP contribution in [-0.4, -0.2) is 19.0 Å². The van der Waals surface area contributed by atoms with Crippen LogP contribution in [0, 0.1) is 5.92 Å². The van der Waals surface area contributed by atoms with Gasteiger partial charge in [-0.05, 0) is 35.6 Å². The van der Waals surface area contributed by atoms with Crippen LogP contribution in [0.2, 0.25) is 0 Å². The molecule has 134 valence electrons. The van der Waals surface area contributed by atoms with Crippen molar-refractivity contribution < 1.29 is 14.3 Å². The van der Waals surface area contributed by atoms with Gasteiger partial charge in [0.2, 0.25) is 5.91 Å². The van der Waals surface area contributed by atoms with Crippen LogP contribution >= 0.6 is 11.3 Å². The molecule has 0 aliphatic rings. The molecule has 0 spiro atoms. The highest BCUT2D eigenvalue weighted by Crippen LogP contribution is 2.29. The predicted octanol–water partition coefficient (Wildman–Crippen LogP) is 4.23. The third-order valence-corrected chi connectivity index (χ3v) is 4.53. The summed E-state index contributed by atoms with van der Waals surface area (Å²) in [7, 11) is 1.53. The van der Waals surface area contributed by atoms with Crippen molar-refractivity contribution in [1.29, 1.82) is 0 Å². The van der Waals surface area contributed by atoms with Crippen LogP contribution in [0.4, 0.5) is 16.2 Å². The topological polar surface area (TPSA) is 79.5 Å². The largest absolute Gasteiger partial charge is 0.495 e. The van der Waals surface area contributed by atoms with Crippen molar-refractivity contribution >= 4 is 34.6 Å². The number of hydrogen-bond acceptors (Lipinski definition) is 4. The van der Waals surface area contributed by atoms with Gasteiger partial charge in [0.15, 0.2) is 0 Å². The SMILES string of the molecule is COc1ccc(NC(C)=O)cc1NC(=O)N[C@H](c1cccs1)C(C)C. The van der Waals surface area contributed by atoms with E-state index in [9.17, 15) is 9.59 Å². The molecule has 3 N–H and O–H groups in total. The highest BCUT2D eigenvalue weighted by molar-refractivity contribution is 7.10. The highest BCUT2D eigenvalue weighted by atomic mass is 32.1. The Balaban J connectivity index is 2.14. The summed E-state index contributed by atoms with van der Waals surface area (Å²) in [5.74, 6) is 0.580. The van der Waals surface area contributed by atoms with E-state index in [4.69, 9.17) is 4.74 Å². The molecule has 0 fully saturated rings. The van der Waals surface area contributed by atoms with E-state index in [1.807, 2.05) is 17.5 Å². The molecule has 0 unspecified atom stereocenters. The molecule has 0 saturated heterocycles. The van der Waals surface area contributed by atoms with E-state index in [1.165, 1.54) is 14.0 Å². The third-order valence-electron chi connectivity index (χ3n) is 3.57. The number of urea groups is 1. The highest BCUT2D eigenvalue weighted by Gasteiger charge is 2.20. The van der Waals surface area contributed by atoms with Crippen molar-refractivity contribution in [1.82, 2.24) is 5.32 Å². The minimum Gasteiger partial charge on any atom is -0.495 e. The zero-order valence-electron chi connectivity index (χ0n) is 14.8. The standard InChI is InChI=1S/C18H23N3O3S/c1-11(2)17(16-6-5-9-25-16)21-18(23)20-14-10-13(19-12(3)22)7-8-15(14)24-4/h5-11,17H,1-4H3,(H,19,22)(H2,20,21,23)/t17-/m0/s1. The number of hydrogen-bond donors (Lipinski definition) is 3. The molecule has 1 aromatic carbocycles. The second kappa shape index (κ2) is 8.53. The molecule has 3 amide bonds. The Hall–Kier alpha value is -2.54. The molecule has 2 aromatic rings. The Labute approximate surface area is 151 Å². The Morgan fingerprint density at radius 2 is 1.92 bits per heavy atom. The number of methoxy groups -OCH3 is 1. The summed E-state index contributed by atoms with van der Waals surface area (Å²) in [6.45, 7) is 5.55. The second-order valence-electron chi connectivity index (χ2n) is 5.93. The quantitative estimate of drug-likeness (QED) is 0.720. The van der Waals surface area contributed by atoms with E-state index in [2.05, 4.69) is 29.8 Å². The molecule has 1 heterocycles. The van der Waals surface area contributed by atoms with E-state index in [-0.39, 0.29) is 23.9 Å².